The fourth-order valence-corrected chi connectivity index (χ4v) is 3.55. The molecule has 0 bridgehead atoms. The number of benzene rings is 1. The van der Waals surface area contributed by atoms with E-state index >= 15 is 0 Å². The van der Waals surface area contributed by atoms with Gasteiger partial charge in [0.2, 0.25) is 0 Å². The van der Waals surface area contributed by atoms with Gasteiger partial charge in [0.05, 0.1) is 28.5 Å². The van der Waals surface area contributed by atoms with Gasteiger partial charge in [-0.3, -0.25) is 9.80 Å². The molecule has 1 N–H and O–H groups in total. The molecule has 1 aliphatic heterocycles. The van der Waals surface area contributed by atoms with Crippen molar-refractivity contribution in [3.05, 3.63) is 35.7 Å². The monoisotopic (exact) mass is 328 g/mol. The Hall–Kier alpha value is -1.56. The number of fused-ring (bicyclic) bond motifs is 1. The number of rotatable bonds is 5. The highest BCUT2D eigenvalue weighted by molar-refractivity contribution is 5.74. The average Bonchev–Trinajstić information content (AvgIpc) is 2.56. The second kappa shape index (κ2) is 7.55. The predicted molar refractivity (Wildman–Crippen MR) is 96.9 cm³/mol. The Morgan fingerprint density at radius 1 is 1.21 bits per heavy atom. The Morgan fingerprint density at radius 3 is 2.58 bits per heavy atom. The number of hydrogen-bond donors (Lipinski definition) is 1. The molecule has 2 aromatic rings. The summed E-state index contributed by atoms with van der Waals surface area (Å²) >= 11 is 0. The highest BCUT2D eigenvalue weighted by atomic mass is 16.3. The standard InChI is InChI=1S/C19H28N4O/c1-4-16-12-22(9-10-23(16)11-14(2)24)13-19-15(3)20-17-7-5-6-8-18(17)21-19/h5-8,14,16,24H,4,9-13H2,1-3H3/t14-,16-/m1/s1. The van der Waals surface area contributed by atoms with Crippen LogP contribution in [0.3, 0.4) is 0 Å². The molecule has 0 unspecified atom stereocenters. The smallest absolute Gasteiger partial charge is 0.0890 e. The molecule has 5 heteroatoms. The van der Waals surface area contributed by atoms with E-state index in [1.807, 2.05) is 31.2 Å². The molecule has 1 aromatic carbocycles. The third-order valence-electron chi connectivity index (χ3n) is 4.88. The van der Waals surface area contributed by atoms with Crippen LogP contribution in [0.5, 0.6) is 0 Å². The van der Waals surface area contributed by atoms with Crippen molar-refractivity contribution in [2.24, 2.45) is 0 Å². The van der Waals surface area contributed by atoms with Crippen LogP contribution < -0.4 is 0 Å². The molecule has 24 heavy (non-hydrogen) atoms. The number of aliphatic hydroxyl groups excluding tert-OH is 1. The third-order valence-corrected chi connectivity index (χ3v) is 4.88. The number of aromatic nitrogens is 2. The molecule has 1 saturated heterocycles. The zero-order valence-electron chi connectivity index (χ0n) is 14.9. The van der Waals surface area contributed by atoms with Gasteiger partial charge in [0.15, 0.2) is 0 Å². The van der Waals surface area contributed by atoms with Crippen molar-refractivity contribution < 1.29 is 5.11 Å². The highest BCUT2D eigenvalue weighted by Crippen LogP contribution is 2.18. The van der Waals surface area contributed by atoms with Gasteiger partial charge in [-0.25, -0.2) is 9.97 Å². The third kappa shape index (κ3) is 3.91. The number of piperazine rings is 1. The van der Waals surface area contributed by atoms with Gasteiger partial charge in [-0.2, -0.15) is 0 Å². The molecule has 0 saturated carbocycles. The number of aryl methyl sites for hydroxylation is 1. The maximum Gasteiger partial charge on any atom is 0.0890 e. The molecule has 0 amide bonds. The Kier molecular flexibility index (Phi) is 5.43. The zero-order chi connectivity index (χ0) is 17.1. The van der Waals surface area contributed by atoms with E-state index in [0.29, 0.717) is 6.04 Å². The summed E-state index contributed by atoms with van der Waals surface area (Å²) in [5.41, 5.74) is 4.03. The molecule has 1 aliphatic rings. The SMILES string of the molecule is CC[C@@H]1CN(Cc2nc3ccccc3nc2C)CCN1C[C@@H](C)O. The van der Waals surface area contributed by atoms with Crippen molar-refractivity contribution in [2.75, 3.05) is 26.2 Å². The summed E-state index contributed by atoms with van der Waals surface area (Å²) in [4.78, 5) is 14.4. The normalized spacial score (nSPS) is 21.2. The number of nitrogens with zero attached hydrogens (tertiary/aromatic N) is 4. The summed E-state index contributed by atoms with van der Waals surface area (Å²) in [6.07, 6.45) is 0.838. The lowest BCUT2D eigenvalue weighted by Gasteiger charge is -2.41. The molecule has 5 nitrogen and oxygen atoms in total. The fourth-order valence-electron chi connectivity index (χ4n) is 3.55. The van der Waals surface area contributed by atoms with Crippen LogP contribution in [-0.4, -0.2) is 63.2 Å². The van der Waals surface area contributed by atoms with Gasteiger partial charge in [-0.05, 0) is 32.4 Å². The Labute approximate surface area is 144 Å². The maximum atomic E-state index is 9.68. The number of β-amino-alcohol motifs (C(OH)–C–C–N with tert-alkyl or cyclic N) is 1. The first kappa shape index (κ1) is 17.3. The Bertz CT molecular complexity index is 688. The van der Waals surface area contributed by atoms with E-state index in [0.717, 1.165) is 61.6 Å². The average molecular weight is 328 g/mol. The van der Waals surface area contributed by atoms with Crippen LogP contribution in [0, 0.1) is 6.92 Å². The summed E-state index contributed by atoms with van der Waals surface area (Å²) in [6, 6.07) is 8.56. The largest absolute Gasteiger partial charge is 0.392 e. The summed E-state index contributed by atoms with van der Waals surface area (Å²) in [5, 5.41) is 9.68. The molecular weight excluding hydrogens is 300 g/mol. The van der Waals surface area contributed by atoms with E-state index in [1.165, 1.54) is 0 Å². The van der Waals surface area contributed by atoms with E-state index in [-0.39, 0.29) is 6.10 Å². The minimum atomic E-state index is -0.265. The van der Waals surface area contributed by atoms with Gasteiger partial charge in [0, 0.05) is 38.8 Å². The van der Waals surface area contributed by atoms with Crippen molar-refractivity contribution in [3.63, 3.8) is 0 Å². The van der Waals surface area contributed by atoms with E-state index in [9.17, 15) is 5.11 Å². The number of aliphatic hydroxyl groups is 1. The molecule has 1 fully saturated rings. The minimum absolute atomic E-state index is 0.265. The van der Waals surface area contributed by atoms with Crippen LogP contribution in [0.25, 0.3) is 11.0 Å². The molecule has 130 valence electrons. The maximum absolute atomic E-state index is 9.68. The lowest BCUT2D eigenvalue weighted by Crippen LogP contribution is -2.54. The quantitative estimate of drug-likeness (QED) is 0.912. The summed E-state index contributed by atoms with van der Waals surface area (Å²) in [5.74, 6) is 0. The Balaban J connectivity index is 1.71. The van der Waals surface area contributed by atoms with Crippen LogP contribution in [0.4, 0.5) is 0 Å². The van der Waals surface area contributed by atoms with Crippen molar-refractivity contribution in [3.8, 4) is 0 Å². The number of para-hydroxylation sites is 2. The zero-order valence-corrected chi connectivity index (χ0v) is 14.9. The van der Waals surface area contributed by atoms with Gasteiger partial charge < -0.3 is 5.11 Å². The Morgan fingerprint density at radius 2 is 1.92 bits per heavy atom. The second-order valence-corrected chi connectivity index (χ2v) is 6.89. The van der Waals surface area contributed by atoms with Crippen LogP contribution in [0.1, 0.15) is 31.7 Å². The van der Waals surface area contributed by atoms with Gasteiger partial charge >= 0.3 is 0 Å². The fraction of sp³-hybridized carbons (Fsp3) is 0.579. The first-order valence-corrected chi connectivity index (χ1v) is 8.93. The van der Waals surface area contributed by atoms with E-state index < -0.39 is 0 Å². The van der Waals surface area contributed by atoms with E-state index in [1.54, 1.807) is 0 Å². The number of hydrogen-bond acceptors (Lipinski definition) is 5. The van der Waals surface area contributed by atoms with Crippen LogP contribution >= 0.6 is 0 Å². The minimum Gasteiger partial charge on any atom is -0.392 e. The molecule has 2 atom stereocenters. The van der Waals surface area contributed by atoms with E-state index in [2.05, 4.69) is 23.6 Å². The van der Waals surface area contributed by atoms with Crippen molar-refractivity contribution in [2.45, 2.75) is 45.9 Å². The summed E-state index contributed by atoms with van der Waals surface area (Å²) in [6.45, 7) is 10.8. The van der Waals surface area contributed by atoms with Crippen LogP contribution in [-0.2, 0) is 6.54 Å². The van der Waals surface area contributed by atoms with Crippen molar-refractivity contribution in [1.82, 2.24) is 19.8 Å². The molecular formula is C19H28N4O. The second-order valence-electron chi connectivity index (χ2n) is 6.89. The summed E-state index contributed by atoms with van der Waals surface area (Å²) in [7, 11) is 0. The lowest BCUT2D eigenvalue weighted by atomic mass is 10.1. The predicted octanol–water partition coefficient (Wildman–Crippen LogP) is 2.22. The lowest BCUT2D eigenvalue weighted by molar-refractivity contribution is 0.0333. The molecule has 2 heterocycles. The molecule has 1 aromatic heterocycles. The summed E-state index contributed by atoms with van der Waals surface area (Å²) < 4.78 is 0. The topological polar surface area (TPSA) is 52.5 Å². The highest BCUT2D eigenvalue weighted by Gasteiger charge is 2.26. The first-order valence-electron chi connectivity index (χ1n) is 8.93. The van der Waals surface area contributed by atoms with Crippen molar-refractivity contribution >= 4 is 11.0 Å². The van der Waals surface area contributed by atoms with Gasteiger partial charge in [-0.1, -0.05) is 19.1 Å². The van der Waals surface area contributed by atoms with E-state index in [4.69, 9.17) is 9.97 Å². The molecule has 3 rings (SSSR count). The van der Waals surface area contributed by atoms with Gasteiger partial charge in [0.1, 0.15) is 0 Å². The van der Waals surface area contributed by atoms with Crippen molar-refractivity contribution in [1.29, 1.82) is 0 Å². The molecule has 0 aliphatic carbocycles. The van der Waals surface area contributed by atoms with Gasteiger partial charge in [-0.15, -0.1) is 0 Å². The van der Waals surface area contributed by atoms with Crippen LogP contribution in [0.15, 0.2) is 24.3 Å². The molecule has 0 spiro atoms. The van der Waals surface area contributed by atoms with Gasteiger partial charge in [0.25, 0.3) is 0 Å². The first-order chi connectivity index (χ1) is 11.6. The van der Waals surface area contributed by atoms with Crippen LogP contribution in [0.2, 0.25) is 0 Å². The molecule has 0 radical (unpaired) electrons.